The molecule has 1 aromatic heterocycles. The molecule has 2 aromatic carbocycles. The number of benzene rings is 2. The van der Waals surface area contributed by atoms with E-state index in [1.807, 2.05) is 49.4 Å². The molecule has 0 radical (unpaired) electrons. The van der Waals surface area contributed by atoms with Crippen LogP contribution in [0.15, 0.2) is 42.5 Å². The fraction of sp³-hybridized carbons (Fsp3) is 0.393. The normalized spacial score (nSPS) is 13.0. The summed E-state index contributed by atoms with van der Waals surface area (Å²) in [5.41, 5.74) is 12.4. The molecule has 1 amide bonds. The number of hydrogen-bond acceptors (Lipinski definition) is 4. The van der Waals surface area contributed by atoms with Gasteiger partial charge in [-0.05, 0) is 74.8 Å². The van der Waals surface area contributed by atoms with Crippen molar-refractivity contribution in [2.45, 2.75) is 71.1 Å². The van der Waals surface area contributed by atoms with Gasteiger partial charge in [-0.3, -0.25) is 14.6 Å². The highest BCUT2D eigenvalue weighted by Gasteiger charge is 2.22. The molecule has 1 heterocycles. The Morgan fingerprint density at radius 1 is 0.970 bits per heavy atom. The maximum Gasteiger partial charge on any atom is 0.224 e. The maximum absolute atomic E-state index is 13.2. The van der Waals surface area contributed by atoms with Crippen LogP contribution in [0.5, 0.6) is 0 Å². The zero-order valence-corrected chi connectivity index (χ0v) is 19.5. The second kappa shape index (κ2) is 10.6. The number of rotatable bonds is 9. The predicted octanol–water partition coefficient (Wildman–Crippen LogP) is 6.17. The van der Waals surface area contributed by atoms with Crippen LogP contribution < -0.4 is 11.1 Å². The molecule has 1 aliphatic carbocycles. The van der Waals surface area contributed by atoms with Gasteiger partial charge in [-0.15, -0.1) is 0 Å². The molecule has 0 bridgehead atoms. The second-order valence-corrected chi connectivity index (χ2v) is 9.11. The summed E-state index contributed by atoms with van der Waals surface area (Å²) in [6.45, 7) is 1.97. The SMILES string of the molecule is Cc1ccc(NC(=O)CCCCCCC(=O)c2c3c(nc4ccccc24)CCCC3)c(N)c1. The van der Waals surface area contributed by atoms with E-state index in [2.05, 4.69) is 5.32 Å². The molecule has 5 nitrogen and oxygen atoms in total. The largest absolute Gasteiger partial charge is 0.397 e. The van der Waals surface area contributed by atoms with Gasteiger partial charge in [0, 0.05) is 29.5 Å². The lowest BCUT2D eigenvalue weighted by Crippen LogP contribution is -2.14. The molecule has 33 heavy (non-hydrogen) atoms. The number of ketones is 1. The number of nitrogens with zero attached hydrogens (tertiary/aromatic N) is 1. The van der Waals surface area contributed by atoms with E-state index in [0.29, 0.717) is 24.2 Å². The Morgan fingerprint density at radius 2 is 1.73 bits per heavy atom. The monoisotopic (exact) mass is 443 g/mol. The van der Waals surface area contributed by atoms with Crippen molar-refractivity contribution < 1.29 is 9.59 Å². The Bertz CT molecular complexity index is 1170. The summed E-state index contributed by atoms with van der Waals surface area (Å²) in [6.07, 6.45) is 8.73. The summed E-state index contributed by atoms with van der Waals surface area (Å²) in [4.78, 5) is 30.3. The van der Waals surface area contributed by atoms with Crippen LogP contribution >= 0.6 is 0 Å². The van der Waals surface area contributed by atoms with Crippen LogP contribution in [0.4, 0.5) is 11.4 Å². The molecule has 0 unspecified atom stereocenters. The average molecular weight is 444 g/mol. The number of anilines is 2. The molecule has 0 saturated heterocycles. The van der Waals surface area contributed by atoms with E-state index < -0.39 is 0 Å². The number of hydrogen-bond donors (Lipinski definition) is 2. The van der Waals surface area contributed by atoms with E-state index in [0.717, 1.165) is 79.1 Å². The number of carbonyl (C=O) groups is 2. The molecule has 4 rings (SSSR count). The van der Waals surface area contributed by atoms with Crippen LogP contribution in [0.3, 0.4) is 0 Å². The highest BCUT2D eigenvalue weighted by atomic mass is 16.1. The maximum atomic E-state index is 13.2. The fourth-order valence-corrected chi connectivity index (χ4v) is 4.75. The highest BCUT2D eigenvalue weighted by molar-refractivity contribution is 6.08. The number of para-hydroxylation sites is 1. The Balaban J connectivity index is 1.26. The third-order valence-electron chi connectivity index (χ3n) is 6.49. The van der Waals surface area contributed by atoms with Gasteiger partial charge in [0.05, 0.1) is 16.9 Å². The minimum absolute atomic E-state index is 0.0171. The number of fused-ring (bicyclic) bond motifs is 2. The molecule has 0 aliphatic heterocycles. The standard InChI is InChI=1S/C28H33N3O2/c1-19-16-17-25(22(29)18-19)31-27(33)15-5-3-2-4-14-26(32)28-20-10-6-8-12-23(20)30-24-13-9-7-11-21(24)28/h6,8,10,12,16-18H,2-5,7,9,11,13-15,29H2,1H3,(H,31,33). The average Bonchev–Trinajstić information content (AvgIpc) is 2.81. The van der Waals surface area contributed by atoms with E-state index in [9.17, 15) is 9.59 Å². The Kier molecular flexibility index (Phi) is 7.38. The van der Waals surface area contributed by atoms with Crippen molar-refractivity contribution in [3.05, 3.63) is 64.8 Å². The van der Waals surface area contributed by atoms with Gasteiger partial charge in [-0.2, -0.15) is 0 Å². The molecule has 172 valence electrons. The fourth-order valence-electron chi connectivity index (χ4n) is 4.75. The van der Waals surface area contributed by atoms with Crippen molar-refractivity contribution in [2.75, 3.05) is 11.1 Å². The van der Waals surface area contributed by atoms with Gasteiger partial charge < -0.3 is 11.1 Å². The molecule has 0 spiro atoms. The first-order chi connectivity index (χ1) is 16.0. The van der Waals surface area contributed by atoms with Gasteiger partial charge in [0.1, 0.15) is 0 Å². The lowest BCUT2D eigenvalue weighted by atomic mass is 9.87. The van der Waals surface area contributed by atoms with Crippen LogP contribution in [0.25, 0.3) is 10.9 Å². The van der Waals surface area contributed by atoms with E-state index >= 15 is 0 Å². The minimum atomic E-state index is -0.0171. The van der Waals surface area contributed by atoms with Gasteiger partial charge in [0.25, 0.3) is 0 Å². The number of Topliss-reactive ketones (excluding diaryl/α,β-unsaturated/α-hetero) is 1. The van der Waals surface area contributed by atoms with E-state index in [1.165, 1.54) is 5.56 Å². The summed E-state index contributed by atoms with van der Waals surface area (Å²) in [7, 11) is 0. The number of carbonyl (C=O) groups excluding carboxylic acids is 2. The van der Waals surface area contributed by atoms with Crippen molar-refractivity contribution in [1.29, 1.82) is 0 Å². The highest BCUT2D eigenvalue weighted by Crippen LogP contribution is 2.30. The van der Waals surface area contributed by atoms with E-state index in [4.69, 9.17) is 10.7 Å². The van der Waals surface area contributed by atoms with Crippen LogP contribution in [-0.4, -0.2) is 16.7 Å². The first kappa shape index (κ1) is 23.0. The van der Waals surface area contributed by atoms with Crippen molar-refractivity contribution in [3.8, 4) is 0 Å². The zero-order chi connectivity index (χ0) is 23.2. The first-order valence-electron chi connectivity index (χ1n) is 12.1. The predicted molar refractivity (Wildman–Crippen MR) is 135 cm³/mol. The van der Waals surface area contributed by atoms with E-state index in [-0.39, 0.29) is 11.7 Å². The Morgan fingerprint density at radius 3 is 2.55 bits per heavy atom. The summed E-state index contributed by atoms with van der Waals surface area (Å²) < 4.78 is 0. The number of nitrogens with one attached hydrogen (secondary N) is 1. The van der Waals surface area contributed by atoms with Crippen molar-refractivity contribution in [2.24, 2.45) is 0 Å². The van der Waals surface area contributed by atoms with Crippen LogP contribution in [-0.2, 0) is 17.6 Å². The number of aromatic nitrogens is 1. The Hall–Kier alpha value is -3.21. The molecule has 0 saturated carbocycles. The van der Waals surface area contributed by atoms with Gasteiger partial charge in [0.2, 0.25) is 5.91 Å². The number of nitrogen functional groups attached to an aromatic ring is 1. The van der Waals surface area contributed by atoms with Crippen LogP contribution in [0, 0.1) is 6.92 Å². The minimum Gasteiger partial charge on any atom is -0.397 e. The number of nitrogens with two attached hydrogens (primary N) is 1. The van der Waals surface area contributed by atoms with Crippen molar-refractivity contribution >= 4 is 34.0 Å². The number of pyridine rings is 1. The van der Waals surface area contributed by atoms with Gasteiger partial charge in [-0.1, -0.05) is 37.1 Å². The van der Waals surface area contributed by atoms with Crippen molar-refractivity contribution in [1.82, 2.24) is 4.98 Å². The quantitative estimate of drug-likeness (QED) is 0.235. The van der Waals surface area contributed by atoms with Crippen LogP contribution in [0.2, 0.25) is 0 Å². The lowest BCUT2D eigenvalue weighted by molar-refractivity contribution is -0.116. The van der Waals surface area contributed by atoms with Gasteiger partial charge >= 0.3 is 0 Å². The molecular weight excluding hydrogens is 410 g/mol. The first-order valence-corrected chi connectivity index (χ1v) is 12.1. The summed E-state index contributed by atoms with van der Waals surface area (Å²) in [5.74, 6) is 0.218. The van der Waals surface area contributed by atoms with Crippen molar-refractivity contribution in [3.63, 3.8) is 0 Å². The molecule has 0 fully saturated rings. The third kappa shape index (κ3) is 5.59. The summed E-state index contributed by atoms with van der Waals surface area (Å²) in [6, 6.07) is 13.7. The third-order valence-corrected chi connectivity index (χ3v) is 6.49. The van der Waals surface area contributed by atoms with Gasteiger partial charge in [-0.25, -0.2) is 0 Å². The number of aryl methyl sites for hydroxylation is 2. The molecule has 3 aromatic rings. The molecule has 0 atom stereocenters. The lowest BCUT2D eigenvalue weighted by Gasteiger charge is -2.20. The Labute approximate surface area is 195 Å². The summed E-state index contributed by atoms with van der Waals surface area (Å²) in [5, 5.41) is 3.89. The van der Waals surface area contributed by atoms with Crippen LogP contribution in [0.1, 0.15) is 78.5 Å². The number of unbranched alkanes of at least 4 members (excludes halogenated alkanes) is 3. The summed E-state index contributed by atoms with van der Waals surface area (Å²) >= 11 is 0. The molecular formula is C28H33N3O2. The van der Waals surface area contributed by atoms with Gasteiger partial charge in [0.15, 0.2) is 5.78 Å². The van der Waals surface area contributed by atoms with E-state index in [1.54, 1.807) is 0 Å². The molecule has 1 aliphatic rings. The molecule has 3 N–H and O–H groups in total. The topological polar surface area (TPSA) is 85.1 Å². The smallest absolute Gasteiger partial charge is 0.224 e. The molecule has 5 heteroatoms. The zero-order valence-electron chi connectivity index (χ0n) is 19.5. The number of amides is 1. The second-order valence-electron chi connectivity index (χ2n) is 9.11.